The van der Waals surface area contributed by atoms with E-state index in [1.807, 2.05) is 0 Å². The average Bonchev–Trinajstić information content (AvgIpc) is 1.96. The van der Waals surface area contributed by atoms with Gasteiger partial charge in [0.2, 0.25) is 0 Å². The van der Waals surface area contributed by atoms with Crippen molar-refractivity contribution in [2.24, 2.45) is 0 Å². The summed E-state index contributed by atoms with van der Waals surface area (Å²) in [6.07, 6.45) is 0.823. The van der Waals surface area contributed by atoms with Crippen molar-refractivity contribution in [3.05, 3.63) is 0 Å². The Morgan fingerprint density at radius 2 is 1.54 bits per heavy atom. The summed E-state index contributed by atoms with van der Waals surface area (Å²) in [5.41, 5.74) is 0. The Morgan fingerprint density at radius 3 is 2.00 bits per heavy atom. The van der Waals surface area contributed by atoms with Crippen molar-refractivity contribution in [1.29, 1.82) is 0 Å². The summed E-state index contributed by atoms with van der Waals surface area (Å²) >= 11 is 0. The highest BCUT2D eigenvalue weighted by Gasteiger charge is 2.33. The zero-order chi connectivity index (χ0) is 9.42. The SMILES string of the molecule is C[C@@H]1CN(C2CN(C)C2)C[C@H](C)O1. The van der Waals surface area contributed by atoms with Crippen LogP contribution in [0, 0.1) is 0 Å². The lowest BCUT2D eigenvalue weighted by molar-refractivity contribution is -0.0984. The summed E-state index contributed by atoms with van der Waals surface area (Å²) in [5.74, 6) is 0. The fourth-order valence-electron chi connectivity index (χ4n) is 2.41. The van der Waals surface area contributed by atoms with E-state index in [2.05, 4.69) is 30.7 Å². The van der Waals surface area contributed by atoms with E-state index >= 15 is 0 Å². The van der Waals surface area contributed by atoms with Crippen molar-refractivity contribution < 1.29 is 4.74 Å². The molecule has 0 spiro atoms. The van der Waals surface area contributed by atoms with Crippen LogP contribution in [0.1, 0.15) is 13.8 Å². The van der Waals surface area contributed by atoms with Gasteiger partial charge in [-0.1, -0.05) is 0 Å². The number of morpholine rings is 1. The Bertz CT molecular complexity index is 170. The van der Waals surface area contributed by atoms with E-state index in [-0.39, 0.29) is 0 Å². The molecule has 2 fully saturated rings. The monoisotopic (exact) mass is 184 g/mol. The van der Waals surface area contributed by atoms with E-state index in [1.165, 1.54) is 13.1 Å². The zero-order valence-corrected chi connectivity index (χ0v) is 8.86. The maximum Gasteiger partial charge on any atom is 0.0678 e. The molecule has 2 saturated heterocycles. The lowest BCUT2D eigenvalue weighted by Crippen LogP contribution is -2.62. The fourth-order valence-corrected chi connectivity index (χ4v) is 2.41. The minimum Gasteiger partial charge on any atom is -0.373 e. The Labute approximate surface area is 80.6 Å². The summed E-state index contributed by atoms with van der Waals surface area (Å²) < 4.78 is 5.71. The first-order valence-electron chi connectivity index (χ1n) is 5.23. The first-order valence-corrected chi connectivity index (χ1v) is 5.23. The normalized spacial score (nSPS) is 39.0. The number of likely N-dealkylation sites (tertiary alicyclic amines) is 1. The average molecular weight is 184 g/mol. The van der Waals surface area contributed by atoms with Crippen LogP contribution in [0.3, 0.4) is 0 Å². The highest BCUT2D eigenvalue weighted by Crippen LogP contribution is 2.18. The minimum atomic E-state index is 0.412. The van der Waals surface area contributed by atoms with Crippen molar-refractivity contribution in [3.63, 3.8) is 0 Å². The number of nitrogens with zero attached hydrogens (tertiary/aromatic N) is 2. The molecule has 2 aliphatic heterocycles. The molecule has 2 rings (SSSR count). The molecule has 0 aromatic heterocycles. The molecule has 0 saturated carbocycles. The van der Waals surface area contributed by atoms with Gasteiger partial charge in [-0.2, -0.15) is 0 Å². The molecule has 2 atom stereocenters. The summed E-state index contributed by atoms with van der Waals surface area (Å²) in [6, 6.07) is 0.791. The Morgan fingerprint density at radius 1 is 1.00 bits per heavy atom. The van der Waals surface area contributed by atoms with Crippen LogP contribution in [-0.2, 0) is 4.74 Å². The second kappa shape index (κ2) is 3.56. The van der Waals surface area contributed by atoms with E-state index in [0.29, 0.717) is 12.2 Å². The van der Waals surface area contributed by atoms with E-state index < -0.39 is 0 Å². The smallest absolute Gasteiger partial charge is 0.0678 e. The number of ether oxygens (including phenoxy) is 1. The predicted octanol–water partition coefficient (Wildman–Crippen LogP) is 0.410. The number of likely N-dealkylation sites (N-methyl/N-ethyl adjacent to an activating group) is 1. The summed E-state index contributed by atoms with van der Waals surface area (Å²) in [7, 11) is 2.18. The van der Waals surface area contributed by atoms with Crippen LogP contribution in [0.4, 0.5) is 0 Å². The standard InChI is InChI=1S/C10H20N2O/c1-8-4-12(5-9(2)13-8)10-6-11(3)7-10/h8-10H,4-7H2,1-3H3/t8-,9+. The number of hydrogen-bond acceptors (Lipinski definition) is 3. The van der Waals surface area contributed by atoms with E-state index in [0.717, 1.165) is 19.1 Å². The molecule has 0 aliphatic carbocycles. The van der Waals surface area contributed by atoms with Crippen LogP contribution < -0.4 is 0 Å². The third-order valence-electron chi connectivity index (χ3n) is 3.01. The van der Waals surface area contributed by atoms with Gasteiger partial charge in [0.05, 0.1) is 12.2 Å². The van der Waals surface area contributed by atoms with Crippen molar-refractivity contribution in [3.8, 4) is 0 Å². The van der Waals surface area contributed by atoms with Gasteiger partial charge < -0.3 is 9.64 Å². The maximum atomic E-state index is 5.71. The van der Waals surface area contributed by atoms with Crippen molar-refractivity contribution in [1.82, 2.24) is 9.80 Å². The molecule has 0 aromatic rings. The highest BCUT2D eigenvalue weighted by molar-refractivity contribution is 4.89. The molecular weight excluding hydrogens is 164 g/mol. The van der Waals surface area contributed by atoms with E-state index in [4.69, 9.17) is 4.74 Å². The molecule has 3 heteroatoms. The van der Waals surface area contributed by atoms with Gasteiger partial charge in [0, 0.05) is 32.2 Å². The van der Waals surface area contributed by atoms with Gasteiger partial charge in [-0.15, -0.1) is 0 Å². The molecule has 0 N–H and O–H groups in total. The van der Waals surface area contributed by atoms with E-state index in [1.54, 1.807) is 0 Å². The molecule has 2 heterocycles. The zero-order valence-electron chi connectivity index (χ0n) is 8.86. The fraction of sp³-hybridized carbons (Fsp3) is 1.00. The van der Waals surface area contributed by atoms with Gasteiger partial charge in [0.15, 0.2) is 0 Å². The van der Waals surface area contributed by atoms with Gasteiger partial charge in [-0.05, 0) is 20.9 Å². The van der Waals surface area contributed by atoms with Crippen LogP contribution >= 0.6 is 0 Å². The lowest BCUT2D eigenvalue weighted by Gasteiger charge is -2.47. The van der Waals surface area contributed by atoms with Crippen molar-refractivity contribution in [2.45, 2.75) is 32.1 Å². The molecule has 13 heavy (non-hydrogen) atoms. The highest BCUT2D eigenvalue weighted by atomic mass is 16.5. The third-order valence-corrected chi connectivity index (χ3v) is 3.01. The molecule has 0 radical (unpaired) electrons. The first-order chi connectivity index (χ1) is 6.15. The number of hydrogen-bond donors (Lipinski definition) is 0. The molecule has 0 amide bonds. The van der Waals surface area contributed by atoms with Gasteiger partial charge in [-0.25, -0.2) is 0 Å². The van der Waals surface area contributed by atoms with Gasteiger partial charge in [0.1, 0.15) is 0 Å². The Balaban J connectivity index is 1.85. The second-order valence-electron chi connectivity index (χ2n) is 4.59. The Hall–Kier alpha value is -0.120. The van der Waals surface area contributed by atoms with Crippen molar-refractivity contribution >= 4 is 0 Å². The molecule has 0 unspecified atom stereocenters. The van der Waals surface area contributed by atoms with Crippen LogP contribution in [0.5, 0.6) is 0 Å². The summed E-state index contributed by atoms with van der Waals surface area (Å²) in [6.45, 7) is 9.04. The van der Waals surface area contributed by atoms with Crippen LogP contribution in [-0.4, -0.2) is 61.3 Å². The summed E-state index contributed by atoms with van der Waals surface area (Å²) in [4.78, 5) is 4.95. The maximum absolute atomic E-state index is 5.71. The predicted molar refractivity (Wildman–Crippen MR) is 52.9 cm³/mol. The first kappa shape index (κ1) is 9.44. The molecule has 2 aliphatic rings. The molecule has 76 valence electrons. The third kappa shape index (κ3) is 2.03. The van der Waals surface area contributed by atoms with Crippen molar-refractivity contribution in [2.75, 3.05) is 33.2 Å². The second-order valence-corrected chi connectivity index (χ2v) is 4.59. The summed E-state index contributed by atoms with van der Waals surface area (Å²) in [5, 5.41) is 0. The largest absolute Gasteiger partial charge is 0.373 e. The lowest BCUT2D eigenvalue weighted by atomic mass is 10.1. The van der Waals surface area contributed by atoms with Gasteiger partial charge >= 0.3 is 0 Å². The van der Waals surface area contributed by atoms with Gasteiger partial charge in [0.25, 0.3) is 0 Å². The van der Waals surface area contributed by atoms with Crippen LogP contribution in [0.25, 0.3) is 0 Å². The minimum absolute atomic E-state index is 0.412. The molecule has 0 bridgehead atoms. The molecule has 3 nitrogen and oxygen atoms in total. The van der Waals surface area contributed by atoms with Crippen LogP contribution in [0.2, 0.25) is 0 Å². The van der Waals surface area contributed by atoms with Gasteiger partial charge in [-0.3, -0.25) is 4.90 Å². The quantitative estimate of drug-likeness (QED) is 0.587. The Kier molecular flexibility index (Phi) is 2.58. The molecule has 0 aromatic carbocycles. The number of rotatable bonds is 1. The topological polar surface area (TPSA) is 15.7 Å². The van der Waals surface area contributed by atoms with E-state index in [9.17, 15) is 0 Å². The van der Waals surface area contributed by atoms with Crippen LogP contribution in [0.15, 0.2) is 0 Å². The molecular formula is C10H20N2O.